The first-order chi connectivity index (χ1) is 15.9. The van der Waals surface area contributed by atoms with E-state index in [9.17, 15) is 14.4 Å². The fourth-order valence-electron chi connectivity index (χ4n) is 4.17. The summed E-state index contributed by atoms with van der Waals surface area (Å²) in [4.78, 5) is 42.4. The maximum atomic E-state index is 13.5. The highest BCUT2D eigenvalue weighted by molar-refractivity contribution is 6.10. The zero-order valence-electron chi connectivity index (χ0n) is 18.8. The van der Waals surface area contributed by atoms with E-state index in [-0.39, 0.29) is 12.5 Å². The van der Waals surface area contributed by atoms with Crippen LogP contribution in [0.2, 0.25) is 0 Å². The Labute approximate surface area is 193 Å². The van der Waals surface area contributed by atoms with E-state index in [0.717, 1.165) is 16.0 Å². The number of imide groups is 1. The number of hydrogen-bond donors (Lipinski definition) is 1. The van der Waals surface area contributed by atoms with Crippen LogP contribution in [0.25, 0.3) is 0 Å². The Balaban J connectivity index is 1.61. The first kappa shape index (κ1) is 22.3. The Kier molecular flexibility index (Phi) is 6.27. The van der Waals surface area contributed by atoms with E-state index >= 15 is 0 Å². The lowest BCUT2D eigenvalue weighted by molar-refractivity contribution is -0.134. The summed E-state index contributed by atoms with van der Waals surface area (Å²) in [5, 5.41) is 2.84. The lowest BCUT2D eigenvalue weighted by Crippen LogP contribution is -2.45. The van der Waals surface area contributed by atoms with Crippen molar-refractivity contribution in [2.75, 3.05) is 11.4 Å². The smallest absolute Gasteiger partial charge is 0.319 e. The molecule has 4 rings (SSSR count). The van der Waals surface area contributed by atoms with Gasteiger partial charge >= 0.3 is 6.03 Å². The van der Waals surface area contributed by atoms with E-state index < -0.39 is 17.5 Å². The first-order valence-corrected chi connectivity index (χ1v) is 11.0. The highest BCUT2D eigenvalue weighted by Gasteiger charge is 2.51. The zero-order valence-corrected chi connectivity index (χ0v) is 18.8. The van der Waals surface area contributed by atoms with Crippen molar-refractivity contribution in [1.29, 1.82) is 0 Å². The average Bonchev–Trinajstić information content (AvgIpc) is 3.09. The van der Waals surface area contributed by atoms with E-state index in [0.29, 0.717) is 24.2 Å². The quantitative estimate of drug-likeness (QED) is 0.553. The Morgan fingerprint density at radius 1 is 0.909 bits per heavy atom. The molecule has 1 saturated heterocycles. The number of rotatable bonds is 7. The van der Waals surface area contributed by atoms with Gasteiger partial charge in [0.15, 0.2) is 0 Å². The summed E-state index contributed by atoms with van der Waals surface area (Å²) >= 11 is 0. The molecular formula is C27H27N3O3. The van der Waals surface area contributed by atoms with Crippen LogP contribution in [-0.4, -0.2) is 29.3 Å². The third-order valence-corrected chi connectivity index (χ3v) is 6.10. The van der Waals surface area contributed by atoms with Crippen molar-refractivity contribution in [3.8, 4) is 0 Å². The van der Waals surface area contributed by atoms with Gasteiger partial charge in [0.05, 0.1) is 6.54 Å². The summed E-state index contributed by atoms with van der Waals surface area (Å²) in [5.74, 6) is -0.732. The fourth-order valence-corrected chi connectivity index (χ4v) is 4.17. The molecule has 6 heteroatoms. The lowest BCUT2D eigenvalue weighted by Gasteiger charge is -2.27. The lowest BCUT2D eigenvalue weighted by atomic mass is 9.87. The van der Waals surface area contributed by atoms with Gasteiger partial charge in [-0.25, -0.2) is 4.79 Å². The van der Waals surface area contributed by atoms with Gasteiger partial charge in [0.1, 0.15) is 12.1 Å². The molecular weight excluding hydrogens is 414 g/mol. The van der Waals surface area contributed by atoms with Gasteiger partial charge in [0, 0.05) is 5.69 Å². The van der Waals surface area contributed by atoms with Gasteiger partial charge in [-0.1, -0.05) is 85.3 Å². The maximum Gasteiger partial charge on any atom is 0.325 e. The van der Waals surface area contributed by atoms with E-state index in [1.165, 1.54) is 0 Å². The molecule has 1 fully saturated rings. The van der Waals surface area contributed by atoms with Gasteiger partial charge in [-0.05, 0) is 36.6 Å². The van der Waals surface area contributed by atoms with E-state index in [2.05, 4.69) is 5.32 Å². The SMILES string of the molecule is CCC1(c2ccccc2)NC(=O)N(CC(=O)N(Cc2ccccc2)c2ccc(C)cc2)C1=O. The second-order valence-electron chi connectivity index (χ2n) is 8.25. The van der Waals surface area contributed by atoms with Crippen molar-refractivity contribution in [1.82, 2.24) is 10.2 Å². The van der Waals surface area contributed by atoms with Crippen LogP contribution in [0.3, 0.4) is 0 Å². The fraction of sp³-hybridized carbons (Fsp3) is 0.222. The molecule has 168 valence electrons. The molecule has 1 aliphatic heterocycles. The highest BCUT2D eigenvalue weighted by Crippen LogP contribution is 2.32. The molecule has 3 aromatic carbocycles. The molecule has 0 bridgehead atoms. The number of amides is 4. The van der Waals surface area contributed by atoms with Crippen LogP contribution in [0.1, 0.15) is 30.0 Å². The second-order valence-corrected chi connectivity index (χ2v) is 8.25. The monoisotopic (exact) mass is 441 g/mol. The Morgan fingerprint density at radius 3 is 2.12 bits per heavy atom. The largest absolute Gasteiger partial charge is 0.325 e. The molecule has 1 heterocycles. The minimum absolute atomic E-state index is 0.328. The van der Waals surface area contributed by atoms with Gasteiger partial charge in [-0.3, -0.25) is 14.5 Å². The molecule has 1 N–H and O–H groups in total. The van der Waals surface area contributed by atoms with Gasteiger partial charge in [0.25, 0.3) is 5.91 Å². The van der Waals surface area contributed by atoms with Crippen LogP contribution in [0.4, 0.5) is 10.5 Å². The number of carbonyl (C=O) groups is 3. The number of hydrogen-bond acceptors (Lipinski definition) is 3. The maximum absolute atomic E-state index is 13.5. The summed E-state index contributed by atoms with van der Waals surface area (Å²) in [6.07, 6.45) is 0.387. The van der Waals surface area contributed by atoms with Crippen molar-refractivity contribution in [2.24, 2.45) is 0 Å². The van der Waals surface area contributed by atoms with Crippen LogP contribution in [-0.2, 0) is 21.7 Å². The van der Waals surface area contributed by atoms with Crippen molar-refractivity contribution in [3.05, 3.63) is 102 Å². The van der Waals surface area contributed by atoms with E-state index in [4.69, 9.17) is 0 Å². The molecule has 1 atom stereocenters. The molecule has 0 saturated carbocycles. The third-order valence-electron chi connectivity index (χ3n) is 6.10. The Morgan fingerprint density at radius 2 is 1.52 bits per heavy atom. The van der Waals surface area contributed by atoms with Crippen molar-refractivity contribution < 1.29 is 14.4 Å². The predicted octanol–water partition coefficient (Wildman–Crippen LogP) is 4.39. The van der Waals surface area contributed by atoms with Crippen molar-refractivity contribution >= 4 is 23.5 Å². The second kappa shape index (κ2) is 9.28. The molecule has 0 spiro atoms. The van der Waals surface area contributed by atoms with Gasteiger partial charge in [0.2, 0.25) is 5.91 Å². The Bertz CT molecular complexity index is 1150. The number of aryl methyl sites for hydroxylation is 1. The average molecular weight is 442 g/mol. The molecule has 4 amide bonds. The number of anilines is 1. The molecule has 6 nitrogen and oxygen atoms in total. The minimum Gasteiger partial charge on any atom is -0.319 e. The van der Waals surface area contributed by atoms with Gasteiger partial charge < -0.3 is 10.2 Å². The summed E-state index contributed by atoms with van der Waals surface area (Å²) in [5.41, 5.74) is 2.30. The van der Waals surface area contributed by atoms with Crippen LogP contribution in [0, 0.1) is 6.92 Å². The van der Waals surface area contributed by atoms with Crippen LogP contribution < -0.4 is 10.2 Å². The number of benzene rings is 3. The van der Waals surface area contributed by atoms with Crippen LogP contribution >= 0.6 is 0 Å². The molecule has 0 radical (unpaired) electrons. The summed E-state index contributed by atoms with van der Waals surface area (Å²) < 4.78 is 0. The molecule has 3 aromatic rings. The molecule has 1 unspecified atom stereocenters. The molecule has 1 aliphatic rings. The minimum atomic E-state index is -1.16. The van der Waals surface area contributed by atoms with Crippen molar-refractivity contribution in [3.63, 3.8) is 0 Å². The summed E-state index contributed by atoms with van der Waals surface area (Å²) in [6, 6.07) is 25.9. The number of carbonyl (C=O) groups excluding carboxylic acids is 3. The topological polar surface area (TPSA) is 69.7 Å². The summed E-state index contributed by atoms with van der Waals surface area (Å²) in [7, 11) is 0. The van der Waals surface area contributed by atoms with E-state index in [1.807, 2.05) is 98.8 Å². The van der Waals surface area contributed by atoms with Crippen LogP contribution in [0.5, 0.6) is 0 Å². The van der Waals surface area contributed by atoms with Gasteiger partial charge in [-0.2, -0.15) is 0 Å². The first-order valence-electron chi connectivity index (χ1n) is 11.0. The van der Waals surface area contributed by atoms with Gasteiger partial charge in [-0.15, -0.1) is 0 Å². The van der Waals surface area contributed by atoms with E-state index in [1.54, 1.807) is 4.90 Å². The zero-order chi connectivity index (χ0) is 23.4. The Hall–Kier alpha value is -3.93. The highest BCUT2D eigenvalue weighted by atomic mass is 16.2. The number of urea groups is 1. The normalized spacial score (nSPS) is 17.7. The van der Waals surface area contributed by atoms with Crippen molar-refractivity contribution in [2.45, 2.75) is 32.4 Å². The number of nitrogens with one attached hydrogen (secondary N) is 1. The summed E-state index contributed by atoms with van der Waals surface area (Å²) in [6.45, 7) is 3.84. The number of nitrogens with zero attached hydrogens (tertiary/aromatic N) is 2. The van der Waals surface area contributed by atoms with Crippen LogP contribution in [0.15, 0.2) is 84.9 Å². The molecule has 0 aliphatic carbocycles. The third kappa shape index (κ3) is 4.37. The molecule has 33 heavy (non-hydrogen) atoms. The molecule has 0 aromatic heterocycles. The predicted molar refractivity (Wildman–Crippen MR) is 127 cm³/mol. The standard InChI is InChI=1S/C27H27N3O3/c1-3-27(22-12-8-5-9-13-22)25(32)30(26(33)28-27)19-24(31)29(18-21-10-6-4-7-11-21)23-16-14-20(2)15-17-23/h4-17H,3,18-19H2,1-2H3,(H,28,33).